The molecule has 0 aliphatic heterocycles. The minimum atomic E-state index is -0.151. The molecule has 0 unspecified atom stereocenters. The van der Waals surface area contributed by atoms with Crippen LogP contribution in [-0.2, 0) is 16.0 Å². The van der Waals surface area contributed by atoms with E-state index in [0.29, 0.717) is 36.5 Å². The number of nitrogens with one attached hydrogen (secondary N) is 2. The number of nitrogens with zero attached hydrogens (tertiary/aromatic N) is 1. The van der Waals surface area contributed by atoms with Gasteiger partial charge in [-0.1, -0.05) is 36.4 Å². The molecule has 1 heterocycles. The van der Waals surface area contributed by atoms with Gasteiger partial charge in [-0.15, -0.1) is 0 Å². The van der Waals surface area contributed by atoms with Crippen LogP contribution in [0, 0.1) is 6.92 Å². The predicted molar refractivity (Wildman–Crippen MR) is 109 cm³/mol. The van der Waals surface area contributed by atoms with Gasteiger partial charge in [0.25, 0.3) is 0 Å². The number of aromatic nitrogens is 1. The summed E-state index contributed by atoms with van der Waals surface area (Å²) in [6.45, 7) is 3.36. The molecular weight excluding hydrogens is 354 g/mol. The van der Waals surface area contributed by atoms with E-state index in [-0.39, 0.29) is 11.8 Å². The van der Waals surface area contributed by atoms with Crippen LogP contribution >= 0.6 is 0 Å². The second kappa shape index (κ2) is 8.99. The van der Waals surface area contributed by atoms with E-state index in [1.165, 1.54) is 6.92 Å². The maximum Gasteiger partial charge on any atom is 0.224 e. The molecule has 0 fully saturated rings. The summed E-state index contributed by atoms with van der Waals surface area (Å²) in [6.07, 6.45) is 3.28. The molecule has 6 heteroatoms. The van der Waals surface area contributed by atoms with Crippen molar-refractivity contribution in [3.8, 4) is 11.3 Å². The van der Waals surface area contributed by atoms with E-state index in [1.807, 2.05) is 43.3 Å². The number of oxazole rings is 1. The number of benzene rings is 2. The van der Waals surface area contributed by atoms with Gasteiger partial charge in [-0.2, -0.15) is 0 Å². The van der Waals surface area contributed by atoms with Crippen LogP contribution < -0.4 is 10.6 Å². The Morgan fingerprint density at radius 2 is 1.86 bits per heavy atom. The fraction of sp³-hybridized carbons (Fsp3) is 0.227. The molecule has 1 aromatic heterocycles. The Hall–Kier alpha value is -3.41. The second-order valence-electron chi connectivity index (χ2n) is 6.60. The van der Waals surface area contributed by atoms with Crippen LogP contribution in [0.25, 0.3) is 11.3 Å². The summed E-state index contributed by atoms with van der Waals surface area (Å²) in [5.41, 5.74) is 3.26. The molecule has 144 valence electrons. The molecule has 6 nitrogen and oxygen atoms in total. The van der Waals surface area contributed by atoms with Crippen molar-refractivity contribution in [3.05, 3.63) is 66.2 Å². The van der Waals surface area contributed by atoms with Crippen LogP contribution in [0.1, 0.15) is 31.2 Å². The highest BCUT2D eigenvalue weighted by molar-refractivity contribution is 5.94. The van der Waals surface area contributed by atoms with E-state index < -0.39 is 0 Å². The van der Waals surface area contributed by atoms with Crippen molar-refractivity contribution < 1.29 is 14.0 Å². The maximum absolute atomic E-state index is 12.3. The molecule has 28 heavy (non-hydrogen) atoms. The molecule has 0 bridgehead atoms. The number of carbonyl (C=O) groups is 2. The zero-order valence-corrected chi connectivity index (χ0v) is 16.0. The smallest absolute Gasteiger partial charge is 0.224 e. The predicted octanol–water partition coefficient (Wildman–Crippen LogP) is 4.57. The topological polar surface area (TPSA) is 84.2 Å². The van der Waals surface area contributed by atoms with Crippen molar-refractivity contribution in [2.45, 2.75) is 33.1 Å². The van der Waals surface area contributed by atoms with Crippen molar-refractivity contribution in [2.24, 2.45) is 0 Å². The highest BCUT2D eigenvalue weighted by Gasteiger charge is 2.09. The molecule has 0 aliphatic carbocycles. The van der Waals surface area contributed by atoms with Gasteiger partial charge in [0.05, 0.1) is 6.20 Å². The third kappa shape index (κ3) is 5.30. The van der Waals surface area contributed by atoms with Gasteiger partial charge in [0.2, 0.25) is 11.8 Å². The number of hydrogen-bond donors (Lipinski definition) is 2. The minimum absolute atomic E-state index is 0.0853. The second-order valence-corrected chi connectivity index (χ2v) is 6.60. The molecule has 2 aromatic carbocycles. The molecule has 2 amide bonds. The van der Waals surface area contributed by atoms with Gasteiger partial charge in [-0.25, -0.2) is 4.98 Å². The van der Waals surface area contributed by atoms with E-state index in [1.54, 1.807) is 18.3 Å². The zero-order valence-electron chi connectivity index (χ0n) is 16.0. The number of anilines is 2. The van der Waals surface area contributed by atoms with Gasteiger partial charge in [-0.05, 0) is 31.0 Å². The fourth-order valence-electron chi connectivity index (χ4n) is 2.81. The Bertz CT molecular complexity index is 964. The number of rotatable bonds is 7. The molecule has 0 saturated carbocycles. The van der Waals surface area contributed by atoms with E-state index in [0.717, 1.165) is 16.9 Å². The number of amides is 2. The lowest BCUT2D eigenvalue weighted by Gasteiger charge is -2.11. The Labute approximate surface area is 164 Å². The number of aryl methyl sites for hydroxylation is 2. The highest BCUT2D eigenvalue weighted by Crippen LogP contribution is 2.22. The average molecular weight is 377 g/mol. The third-order valence-corrected chi connectivity index (χ3v) is 4.24. The van der Waals surface area contributed by atoms with Crippen molar-refractivity contribution in [3.63, 3.8) is 0 Å². The summed E-state index contributed by atoms with van der Waals surface area (Å²) >= 11 is 0. The molecule has 2 N–H and O–H groups in total. The number of hydrogen-bond acceptors (Lipinski definition) is 4. The first kappa shape index (κ1) is 19.4. The summed E-state index contributed by atoms with van der Waals surface area (Å²) in [4.78, 5) is 27.7. The SMILES string of the molecule is CC(=O)Nc1ccc(C)c(NC(=O)CCCc2ncc(-c3ccccc3)o2)c1. The van der Waals surface area contributed by atoms with Crippen LogP contribution in [0.2, 0.25) is 0 Å². The molecule has 0 spiro atoms. The van der Waals surface area contributed by atoms with E-state index >= 15 is 0 Å². The average Bonchev–Trinajstić information content (AvgIpc) is 3.14. The molecule has 0 aliphatic rings. The Balaban J connectivity index is 1.51. The first-order valence-corrected chi connectivity index (χ1v) is 9.19. The third-order valence-electron chi connectivity index (χ3n) is 4.24. The van der Waals surface area contributed by atoms with Crippen molar-refractivity contribution in [1.82, 2.24) is 4.98 Å². The minimum Gasteiger partial charge on any atom is -0.441 e. The quantitative estimate of drug-likeness (QED) is 0.632. The van der Waals surface area contributed by atoms with Gasteiger partial charge >= 0.3 is 0 Å². The highest BCUT2D eigenvalue weighted by atomic mass is 16.4. The van der Waals surface area contributed by atoms with Gasteiger partial charge in [0, 0.05) is 36.7 Å². The maximum atomic E-state index is 12.3. The standard InChI is InChI=1S/C22H23N3O3/c1-15-11-12-18(24-16(2)26)13-19(15)25-21(27)9-6-10-22-23-14-20(28-22)17-7-4-3-5-8-17/h3-5,7-8,11-14H,6,9-10H2,1-2H3,(H,24,26)(H,25,27). The van der Waals surface area contributed by atoms with Gasteiger partial charge in [-0.3, -0.25) is 9.59 Å². The molecule has 0 atom stereocenters. The summed E-state index contributed by atoms with van der Waals surface area (Å²) in [6, 6.07) is 15.2. The molecule has 0 saturated heterocycles. The Kier molecular flexibility index (Phi) is 6.22. The van der Waals surface area contributed by atoms with E-state index in [4.69, 9.17) is 4.42 Å². The summed E-state index contributed by atoms with van der Waals surface area (Å²) < 4.78 is 5.76. The van der Waals surface area contributed by atoms with Crippen LogP contribution in [0.4, 0.5) is 11.4 Å². The van der Waals surface area contributed by atoms with Gasteiger partial charge < -0.3 is 15.1 Å². The van der Waals surface area contributed by atoms with Crippen LogP contribution in [0.3, 0.4) is 0 Å². The Morgan fingerprint density at radius 1 is 1.07 bits per heavy atom. The van der Waals surface area contributed by atoms with E-state index in [9.17, 15) is 9.59 Å². The lowest BCUT2D eigenvalue weighted by Crippen LogP contribution is -2.13. The lowest BCUT2D eigenvalue weighted by atomic mass is 10.1. The zero-order chi connectivity index (χ0) is 19.9. The molecular formula is C22H23N3O3. The van der Waals surface area contributed by atoms with Crippen molar-refractivity contribution in [1.29, 1.82) is 0 Å². The monoisotopic (exact) mass is 377 g/mol. The van der Waals surface area contributed by atoms with Crippen LogP contribution in [0.15, 0.2) is 59.1 Å². The van der Waals surface area contributed by atoms with Gasteiger partial charge in [0.15, 0.2) is 11.7 Å². The first-order chi connectivity index (χ1) is 13.5. The van der Waals surface area contributed by atoms with Gasteiger partial charge in [0.1, 0.15) is 0 Å². The first-order valence-electron chi connectivity index (χ1n) is 9.19. The molecule has 3 aromatic rings. The van der Waals surface area contributed by atoms with Crippen LogP contribution in [0.5, 0.6) is 0 Å². The van der Waals surface area contributed by atoms with Crippen molar-refractivity contribution >= 4 is 23.2 Å². The summed E-state index contributed by atoms with van der Waals surface area (Å²) in [5, 5.41) is 5.62. The number of carbonyl (C=O) groups excluding carboxylic acids is 2. The largest absolute Gasteiger partial charge is 0.441 e. The summed E-state index contributed by atoms with van der Waals surface area (Å²) in [7, 11) is 0. The fourth-order valence-corrected chi connectivity index (χ4v) is 2.81. The van der Waals surface area contributed by atoms with Crippen LogP contribution in [-0.4, -0.2) is 16.8 Å². The summed E-state index contributed by atoms with van der Waals surface area (Å²) in [5.74, 6) is 1.11. The lowest BCUT2D eigenvalue weighted by molar-refractivity contribution is -0.116. The Morgan fingerprint density at radius 3 is 2.61 bits per heavy atom. The van der Waals surface area contributed by atoms with Crippen molar-refractivity contribution in [2.75, 3.05) is 10.6 Å². The normalized spacial score (nSPS) is 10.5. The molecule has 3 rings (SSSR count). The van der Waals surface area contributed by atoms with E-state index in [2.05, 4.69) is 15.6 Å². The molecule has 0 radical (unpaired) electrons.